The van der Waals surface area contributed by atoms with Crippen molar-refractivity contribution in [3.05, 3.63) is 59.4 Å². The van der Waals surface area contributed by atoms with Gasteiger partial charge in [-0.05, 0) is 55.5 Å². The summed E-state index contributed by atoms with van der Waals surface area (Å²) in [5.41, 5.74) is 0. The highest BCUT2D eigenvalue weighted by Crippen LogP contribution is 2.27. The second-order valence-corrected chi connectivity index (χ2v) is 6.92. The molecule has 1 aliphatic heterocycles. The van der Waals surface area contributed by atoms with Crippen LogP contribution < -0.4 is 9.47 Å². The fourth-order valence-corrected chi connectivity index (χ4v) is 2.95. The quantitative estimate of drug-likeness (QED) is 0.724. The smallest absolute Gasteiger partial charge is 0.358 e. The summed E-state index contributed by atoms with van der Waals surface area (Å²) in [5, 5.41) is 21.1. The maximum Gasteiger partial charge on any atom is 0.358 e. The molecule has 2 N–H and O–H groups in total. The summed E-state index contributed by atoms with van der Waals surface area (Å²) in [6.45, 7) is 1.59. The van der Waals surface area contributed by atoms with Crippen molar-refractivity contribution >= 4 is 29.1 Å². The van der Waals surface area contributed by atoms with E-state index in [4.69, 9.17) is 42.8 Å². The highest BCUT2D eigenvalue weighted by atomic mass is 35.5. The molecule has 28 heavy (non-hydrogen) atoms. The summed E-state index contributed by atoms with van der Waals surface area (Å²) < 4.78 is 34.9. The van der Waals surface area contributed by atoms with Crippen LogP contribution in [0.25, 0.3) is 0 Å². The molecule has 0 spiro atoms. The maximum atomic E-state index is 13.0. The van der Waals surface area contributed by atoms with Crippen molar-refractivity contribution < 1.29 is 33.6 Å². The molecule has 0 radical (unpaired) electrons. The maximum absolute atomic E-state index is 13.0. The Bertz CT molecular complexity index is 803. The first kappa shape index (κ1) is 20.8. The van der Waals surface area contributed by atoms with Crippen molar-refractivity contribution in [3.63, 3.8) is 0 Å². The third-order valence-corrected chi connectivity index (χ3v) is 4.53. The average Bonchev–Trinajstić information content (AvgIpc) is 2.67. The summed E-state index contributed by atoms with van der Waals surface area (Å²) in [4.78, 5) is 0. The van der Waals surface area contributed by atoms with E-state index in [0.29, 0.717) is 10.8 Å². The van der Waals surface area contributed by atoms with Gasteiger partial charge in [-0.3, -0.25) is 0 Å². The van der Waals surface area contributed by atoms with Gasteiger partial charge < -0.3 is 29.2 Å². The Morgan fingerprint density at radius 1 is 1.04 bits per heavy atom. The SMILES string of the molecule is C[C@@H]1O[C@@H](Oc2ccc(F)cc2)[C@@H](O)[C@H](OC(=S)Oc2ccc(Cl)cc2)[C@@H]1O. The standard InChI is InChI=1S/C19H18ClFO6S/c1-10-15(22)17(27-19(28)26-14-6-2-11(20)3-7-14)16(23)18(24-10)25-13-8-4-12(21)5-9-13/h2-10,15-18,22-23H,1H3/t10-,15+,16-,17+,18-/m0/s1. The van der Waals surface area contributed by atoms with Crippen molar-refractivity contribution in [2.45, 2.75) is 37.6 Å². The van der Waals surface area contributed by atoms with Crippen LogP contribution in [0.15, 0.2) is 48.5 Å². The second-order valence-electron chi connectivity index (χ2n) is 6.15. The van der Waals surface area contributed by atoms with Gasteiger partial charge in [0.25, 0.3) is 0 Å². The predicted octanol–water partition coefficient (Wildman–Crippen LogP) is 3.07. The number of benzene rings is 2. The van der Waals surface area contributed by atoms with Crippen LogP contribution >= 0.6 is 23.8 Å². The van der Waals surface area contributed by atoms with Crippen LogP contribution in [0.3, 0.4) is 0 Å². The summed E-state index contributed by atoms with van der Waals surface area (Å²) >= 11 is 10.9. The number of hydrogen-bond donors (Lipinski definition) is 2. The van der Waals surface area contributed by atoms with Crippen LogP contribution in [-0.4, -0.2) is 46.2 Å². The van der Waals surface area contributed by atoms with Gasteiger partial charge in [-0.2, -0.15) is 0 Å². The van der Waals surface area contributed by atoms with Gasteiger partial charge >= 0.3 is 5.24 Å². The summed E-state index contributed by atoms with van der Waals surface area (Å²) in [7, 11) is 0. The highest BCUT2D eigenvalue weighted by molar-refractivity contribution is 7.79. The summed E-state index contributed by atoms with van der Waals surface area (Å²) in [6, 6.07) is 11.6. The molecule has 3 rings (SSSR count). The van der Waals surface area contributed by atoms with Crippen LogP contribution in [0.4, 0.5) is 4.39 Å². The Morgan fingerprint density at radius 3 is 2.29 bits per heavy atom. The predicted molar refractivity (Wildman–Crippen MR) is 103 cm³/mol. The first-order chi connectivity index (χ1) is 13.3. The number of aliphatic hydroxyl groups is 2. The molecule has 0 amide bonds. The second kappa shape index (κ2) is 9.02. The molecule has 5 atom stereocenters. The fourth-order valence-electron chi connectivity index (χ4n) is 2.61. The fraction of sp³-hybridized carbons (Fsp3) is 0.316. The van der Waals surface area contributed by atoms with Gasteiger partial charge in [0.2, 0.25) is 6.29 Å². The summed E-state index contributed by atoms with van der Waals surface area (Å²) in [5.74, 6) is 0.248. The van der Waals surface area contributed by atoms with Gasteiger partial charge in [-0.15, -0.1) is 0 Å². The van der Waals surface area contributed by atoms with E-state index in [0.717, 1.165) is 0 Å². The number of ether oxygens (including phenoxy) is 4. The van der Waals surface area contributed by atoms with Crippen LogP contribution in [0.5, 0.6) is 11.5 Å². The van der Waals surface area contributed by atoms with Gasteiger partial charge in [0.1, 0.15) is 23.4 Å². The van der Waals surface area contributed by atoms with E-state index >= 15 is 0 Å². The minimum Gasteiger partial charge on any atom is -0.462 e. The molecule has 1 fully saturated rings. The molecule has 0 unspecified atom stereocenters. The van der Waals surface area contributed by atoms with Crippen molar-refractivity contribution in [2.24, 2.45) is 0 Å². The molecule has 1 aliphatic rings. The third kappa shape index (κ3) is 5.09. The lowest BCUT2D eigenvalue weighted by Gasteiger charge is -2.40. The molecule has 0 saturated carbocycles. The molecular weight excluding hydrogens is 411 g/mol. The van der Waals surface area contributed by atoms with Crippen LogP contribution in [0.2, 0.25) is 5.02 Å². The van der Waals surface area contributed by atoms with E-state index in [1.165, 1.54) is 24.3 Å². The molecule has 2 aromatic rings. The molecule has 0 aromatic heterocycles. The highest BCUT2D eigenvalue weighted by Gasteiger charge is 2.46. The molecule has 0 aliphatic carbocycles. The zero-order valence-corrected chi connectivity index (χ0v) is 16.3. The molecule has 9 heteroatoms. The van der Waals surface area contributed by atoms with E-state index in [2.05, 4.69) is 0 Å². The Hall–Kier alpha value is -1.97. The van der Waals surface area contributed by atoms with E-state index in [1.807, 2.05) is 0 Å². The lowest BCUT2D eigenvalue weighted by atomic mass is 10.00. The van der Waals surface area contributed by atoms with Crippen molar-refractivity contribution in [3.8, 4) is 11.5 Å². The first-order valence-electron chi connectivity index (χ1n) is 8.41. The molecule has 1 heterocycles. The van der Waals surface area contributed by atoms with Crippen molar-refractivity contribution in [1.29, 1.82) is 0 Å². The number of aliphatic hydroxyl groups excluding tert-OH is 2. The van der Waals surface area contributed by atoms with Crippen molar-refractivity contribution in [1.82, 2.24) is 0 Å². The zero-order chi connectivity index (χ0) is 20.3. The number of halogens is 2. The Balaban J connectivity index is 1.66. The number of rotatable bonds is 4. The minimum absolute atomic E-state index is 0.285. The molecule has 6 nitrogen and oxygen atoms in total. The van der Waals surface area contributed by atoms with E-state index in [1.54, 1.807) is 31.2 Å². The Morgan fingerprint density at radius 2 is 1.64 bits per heavy atom. The largest absolute Gasteiger partial charge is 0.462 e. The molecular formula is C19H18ClFO6S. The molecule has 0 bridgehead atoms. The summed E-state index contributed by atoms with van der Waals surface area (Å²) in [6.07, 6.45) is -5.61. The normalized spacial score (nSPS) is 27.1. The minimum atomic E-state index is -1.39. The lowest BCUT2D eigenvalue weighted by Crippen LogP contribution is -2.59. The van der Waals surface area contributed by atoms with Crippen molar-refractivity contribution in [2.75, 3.05) is 0 Å². The third-order valence-electron chi connectivity index (χ3n) is 4.09. The van der Waals surface area contributed by atoms with E-state index in [9.17, 15) is 14.6 Å². The van der Waals surface area contributed by atoms with Gasteiger partial charge in [-0.25, -0.2) is 4.39 Å². The topological polar surface area (TPSA) is 77.4 Å². The number of thiocarbonyl (C=S) groups is 1. The Labute approximate surface area is 171 Å². The Kier molecular flexibility index (Phi) is 6.69. The van der Waals surface area contributed by atoms with Gasteiger partial charge in [0.15, 0.2) is 12.2 Å². The monoisotopic (exact) mass is 428 g/mol. The molecule has 2 aromatic carbocycles. The van der Waals surface area contributed by atoms with Gasteiger partial charge in [0.05, 0.1) is 6.10 Å². The van der Waals surface area contributed by atoms with E-state index < -0.39 is 36.5 Å². The number of hydrogen-bond acceptors (Lipinski definition) is 7. The van der Waals surface area contributed by atoms with Crippen LogP contribution in [-0.2, 0) is 9.47 Å². The van der Waals surface area contributed by atoms with E-state index in [-0.39, 0.29) is 11.0 Å². The average molecular weight is 429 g/mol. The zero-order valence-electron chi connectivity index (χ0n) is 14.7. The van der Waals surface area contributed by atoms with Crippen LogP contribution in [0.1, 0.15) is 6.92 Å². The van der Waals surface area contributed by atoms with Gasteiger partial charge in [-0.1, -0.05) is 11.6 Å². The molecule has 1 saturated heterocycles. The molecule has 150 valence electrons. The van der Waals surface area contributed by atoms with Gasteiger partial charge in [0, 0.05) is 17.2 Å². The lowest BCUT2D eigenvalue weighted by molar-refractivity contribution is -0.266. The van der Waals surface area contributed by atoms with Crippen LogP contribution in [0, 0.1) is 5.82 Å². The first-order valence-corrected chi connectivity index (χ1v) is 9.20.